The fraction of sp³-hybridized carbons (Fsp3) is 0.692. The molecule has 2 atom stereocenters. The summed E-state index contributed by atoms with van der Waals surface area (Å²) in [6, 6.07) is 7.59. The fourth-order valence-electron chi connectivity index (χ4n) is 4.81. The number of hydrogen-bond donors (Lipinski definition) is 1. The molecule has 2 saturated heterocycles. The number of rotatable bonds is 9. The van der Waals surface area contributed by atoms with Gasteiger partial charge in [0.2, 0.25) is 11.8 Å². The molecule has 2 heterocycles. The molecule has 2 aliphatic heterocycles. The number of amides is 2. The maximum absolute atomic E-state index is 13.6. The summed E-state index contributed by atoms with van der Waals surface area (Å²) in [6.07, 6.45) is 3.41. The maximum atomic E-state index is 13.6. The van der Waals surface area contributed by atoms with Crippen LogP contribution in [0.5, 0.6) is 5.75 Å². The van der Waals surface area contributed by atoms with E-state index in [9.17, 15) is 9.59 Å². The monoisotopic (exact) mass is 569 g/mol. The van der Waals surface area contributed by atoms with Crippen molar-refractivity contribution in [2.24, 2.45) is 17.8 Å². The molecule has 1 aromatic rings. The van der Waals surface area contributed by atoms with Gasteiger partial charge in [0.05, 0.1) is 12.6 Å². The van der Waals surface area contributed by atoms with Crippen molar-refractivity contribution >= 4 is 34.4 Å². The van der Waals surface area contributed by atoms with E-state index in [0.717, 1.165) is 51.1 Å². The van der Waals surface area contributed by atoms with Crippen molar-refractivity contribution in [1.29, 1.82) is 0 Å². The molecule has 0 aliphatic carbocycles. The molecule has 0 bridgehead atoms. The summed E-state index contributed by atoms with van der Waals surface area (Å²) in [5.74, 6) is 2.36. The van der Waals surface area contributed by atoms with Crippen LogP contribution in [0.4, 0.5) is 0 Å². The normalized spacial score (nSPS) is 21.1. The Hall–Kier alpha value is -1.35. The van der Waals surface area contributed by atoms with Crippen LogP contribution in [0.1, 0.15) is 53.4 Å². The van der Waals surface area contributed by atoms with Crippen LogP contribution in [0.2, 0.25) is 0 Å². The minimum Gasteiger partial charge on any atom is -0.493 e. The average Bonchev–Trinajstić information content (AvgIpc) is 2.78. The Bertz CT molecular complexity index is 775. The number of carbonyl (C=O) groups is 2. The Morgan fingerprint density at radius 2 is 1.76 bits per heavy atom. The minimum atomic E-state index is -0.353. The average molecular weight is 570 g/mol. The number of ether oxygens (including phenoxy) is 1. The van der Waals surface area contributed by atoms with Gasteiger partial charge in [-0.3, -0.25) is 9.59 Å². The van der Waals surface area contributed by atoms with Crippen LogP contribution in [-0.4, -0.2) is 66.5 Å². The fourth-order valence-corrected chi connectivity index (χ4v) is 5.17. The molecule has 2 aliphatic rings. The van der Waals surface area contributed by atoms with Gasteiger partial charge in [-0.15, -0.1) is 0 Å². The number of piperidine rings is 1. The Balaban J connectivity index is 1.57. The van der Waals surface area contributed by atoms with Gasteiger partial charge >= 0.3 is 0 Å². The third-order valence-electron chi connectivity index (χ3n) is 6.61. The summed E-state index contributed by atoms with van der Waals surface area (Å²) in [6.45, 7) is 12.1. The molecule has 184 valence electrons. The molecular formula is C26H40IN3O3. The van der Waals surface area contributed by atoms with Crippen LogP contribution in [0.25, 0.3) is 0 Å². The van der Waals surface area contributed by atoms with E-state index in [1.165, 1.54) is 3.57 Å². The third-order valence-corrected chi connectivity index (χ3v) is 7.33. The Morgan fingerprint density at radius 1 is 1.09 bits per heavy atom. The first-order chi connectivity index (χ1) is 15.7. The van der Waals surface area contributed by atoms with Gasteiger partial charge in [0, 0.05) is 29.7 Å². The highest BCUT2D eigenvalue weighted by atomic mass is 127. The summed E-state index contributed by atoms with van der Waals surface area (Å²) in [4.78, 5) is 30.7. The molecule has 6 nitrogen and oxygen atoms in total. The molecule has 3 rings (SSSR count). The Kier molecular flexibility index (Phi) is 9.85. The lowest BCUT2D eigenvalue weighted by atomic mass is 9.94. The van der Waals surface area contributed by atoms with E-state index in [4.69, 9.17) is 4.74 Å². The summed E-state index contributed by atoms with van der Waals surface area (Å²) in [7, 11) is 0. The van der Waals surface area contributed by atoms with Crippen LogP contribution < -0.4 is 10.1 Å². The summed E-state index contributed by atoms with van der Waals surface area (Å²) >= 11 is 2.29. The summed E-state index contributed by atoms with van der Waals surface area (Å²) < 4.78 is 7.18. The summed E-state index contributed by atoms with van der Waals surface area (Å²) in [5, 5.41) is 3.36. The van der Waals surface area contributed by atoms with Crippen LogP contribution in [0.3, 0.4) is 0 Å². The van der Waals surface area contributed by atoms with Gasteiger partial charge in [-0.25, -0.2) is 0 Å². The van der Waals surface area contributed by atoms with Gasteiger partial charge in [0.15, 0.2) is 0 Å². The van der Waals surface area contributed by atoms with Crippen molar-refractivity contribution in [1.82, 2.24) is 15.1 Å². The molecule has 0 aromatic heterocycles. The second-order valence-electron chi connectivity index (χ2n) is 10.3. The number of hydrogen-bond acceptors (Lipinski definition) is 4. The molecule has 33 heavy (non-hydrogen) atoms. The number of carbonyl (C=O) groups excluding carboxylic acids is 2. The number of nitrogens with zero attached hydrogens (tertiary/aromatic N) is 2. The van der Waals surface area contributed by atoms with E-state index in [0.29, 0.717) is 30.9 Å². The van der Waals surface area contributed by atoms with E-state index in [2.05, 4.69) is 67.7 Å². The van der Waals surface area contributed by atoms with E-state index in [-0.39, 0.29) is 23.9 Å². The highest BCUT2D eigenvalue weighted by Crippen LogP contribution is 2.24. The number of piperazine rings is 1. The SMILES string of the molecule is CC(C)C[C@@H]1NCCN([C@@H](CC(C)C)C(=O)N2CCC(COc3ccc(I)cc3)CC2)C1=O. The first-order valence-electron chi connectivity index (χ1n) is 12.5. The first-order valence-corrected chi connectivity index (χ1v) is 13.5. The second-order valence-corrected chi connectivity index (χ2v) is 11.6. The zero-order valence-electron chi connectivity index (χ0n) is 20.6. The van der Waals surface area contributed by atoms with Gasteiger partial charge in [0.25, 0.3) is 0 Å². The topological polar surface area (TPSA) is 61.9 Å². The molecule has 2 fully saturated rings. The zero-order chi connectivity index (χ0) is 24.0. The van der Waals surface area contributed by atoms with E-state index in [1.54, 1.807) is 0 Å². The minimum absolute atomic E-state index is 0.0924. The number of nitrogens with one attached hydrogen (secondary N) is 1. The van der Waals surface area contributed by atoms with Crippen LogP contribution >= 0.6 is 22.6 Å². The molecule has 7 heteroatoms. The van der Waals surface area contributed by atoms with Crippen molar-refractivity contribution in [3.8, 4) is 5.75 Å². The van der Waals surface area contributed by atoms with Gasteiger partial charge in [-0.2, -0.15) is 0 Å². The van der Waals surface area contributed by atoms with Crippen molar-refractivity contribution in [2.45, 2.75) is 65.5 Å². The zero-order valence-corrected chi connectivity index (χ0v) is 22.7. The molecule has 0 unspecified atom stereocenters. The van der Waals surface area contributed by atoms with E-state index < -0.39 is 0 Å². The number of likely N-dealkylation sites (tertiary alicyclic amines) is 1. The molecule has 1 aromatic carbocycles. The quantitative estimate of drug-likeness (QED) is 0.454. The molecule has 0 spiro atoms. The molecule has 1 N–H and O–H groups in total. The van der Waals surface area contributed by atoms with Crippen molar-refractivity contribution < 1.29 is 14.3 Å². The Morgan fingerprint density at radius 3 is 2.36 bits per heavy atom. The van der Waals surface area contributed by atoms with E-state index >= 15 is 0 Å². The van der Waals surface area contributed by atoms with Gasteiger partial charge in [0.1, 0.15) is 11.8 Å². The third kappa shape index (κ3) is 7.57. The summed E-state index contributed by atoms with van der Waals surface area (Å²) in [5.41, 5.74) is 0. The lowest BCUT2D eigenvalue weighted by Crippen LogP contribution is -2.62. The second kappa shape index (κ2) is 12.4. The Labute approximate surface area is 212 Å². The smallest absolute Gasteiger partial charge is 0.245 e. The standard InChI is InChI=1S/C26H40IN3O3/c1-18(2)15-23-25(31)30(14-11-28-23)24(16-19(3)4)26(32)29-12-9-20(10-13-29)17-33-22-7-5-21(27)6-8-22/h5-8,18-20,23-24,28H,9-17H2,1-4H3/t23-,24-/m0/s1. The lowest BCUT2D eigenvalue weighted by molar-refractivity contribution is -0.150. The van der Waals surface area contributed by atoms with E-state index in [1.807, 2.05) is 21.9 Å². The van der Waals surface area contributed by atoms with Crippen molar-refractivity contribution in [3.05, 3.63) is 27.8 Å². The highest BCUT2D eigenvalue weighted by Gasteiger charge is 2.39. The molecule has 0 radical (unpaired) electrons. The largest absolute Gasteiger partial charge is 0.493 e. The molecule has 0 saturated carbocycles. The van der Waals surface area contributed by atoms with Crippen LogP contribution in [0, 0.1) is 21.3 Å². The van der Waals surface area contributed by atoms with Gasteiger partial charge < -0.3 is 19.9 Å². The molecular weight excluding hydrogens is 529 g/mol. The van der Waals surface area contributed by atoms with Gasteiger partial charge in [-0.05, 0) is 90.3 Å². The maximum Gasteiger partial charge on any atom is 0.245 e. The lowest BCUT2D eigenvalue weighted by Gasteiger charge is -2.42. The van der Waals surface area contributed by atoms with Crippen molar-refractivity contribution in [2.75, 3.05) is 32.8 Å². The predicted octanol–water partition coefficient (Wildman–Crippen LogP) is 4.17. The number of halogens is 1. The van der Waals surface area contributed by atoms with Crippen LogP contribution in [0.15, 0.2) is 24.3 Å². The number of benzene rings is 1. The predicted molar refractivity (Wildman–Crippen MR) is 140 cm³/mol. The van der Waals surface area contributed by atoms with Crippen LogP contribution in [-0.2, 0) is 9.59 Å². The van der Waals surface area contributed by atoms with Gasteiger partial charge in [-0.1, -0.05) is 27.7 Å². The van der Waals surface area contributed by atoms with Crippen molar-refractivity contribution in [3.63, 3.8) is 0 Å². The highest BCUT2D eigenvalue weighted by molar-refractivity contribution is 14.1. The molecule has 2 amide bonds. The first kappa shape index (κ1) is 26.3.